The molecule has 0 bridgehead atoms. The van der Waals surface area contributed by atoms with Crippen LogP contribution in [-0.2, 0) is 4.79 Å². The third kappa shape index (κ3) is 2.55. The summed E-state index contributed by atoms with van der Waals surface area (Å²) in [5, 5.41) is 2.96. The Hall–Kier alpha value is -1.48. The Morgan fingerprint density at radius 2 is 2.12 bits per heavy atom. The number of Topliss-reactive ketones (excluding diaryl/α,β-unsaturated/α-hetero) is 1. The largest absolute Gasteiger partial charge is 0.300 e. The second-order valence-corrected chi connectivity index (χ2v) is 4.67. The van der Waals surface area contributed by atoms with Crippen molar-refractivity contribution in [1.29, 1.82) is 0 Å². The van der Waals surface area contributed by atoms with E-state index in [2.05, 4.69) is 17.1 Å². The summed E-state index contributed by atoms with van der Waals surface area (Å²) in [5.41, 5.74) is 1.16. The van der Waals surface area contributed by atoms with Gasteiger partial charge in [0.05, 0.1) is 0 Å². The number of aromatic nitrogens is 1. The summed E-state index contributed by atoms with van der Waals surface area (Å²) in [5.74, 6) is 0.308. The fourth-order valence-electron chi connectivity index (χ4n) is 1.73. The summed E-state index contributed by atoms with van der Waals surface area (Å²) in [6.07, 6.45) is 2.31. The van der Waals surface area contributed by atoms with Crippen molar-refractivity contribution in [3.8, 4) is 0 Å². The van der Waals surface area contributed by atoms with Crippen molar-refractivity contribution >= 4 is 17.1 Å². The van der Waals surface area contributed by atoms with Crippen molar-refractivity contribution in [3.63, 3.8) is 0 Å². The molecule has 0 spiro atoms. The minimum absolute atomic E-state index is 0.110. The van der Waals surface area contributed by atoms with Gasteiger partial charge in [-0.25, -0.2) is 4.98 Å². The molecule has 1 aromatic heterocycles. The zero-order valence-corrected chi connectivity index (χ0v) is 9.91. The van der Waals surface area contributed by atoms with Gasteiger partial charge in [0.1, 0.15) is 10.8 Å². The van der Waals surface area contributed by atoms with Crippen LogP contribution < -0.4 is 0 Å². The van der Waals surface area contributed by atoms with E-state index in [1.807, 2.05) is 23.6 Å². The van der Waals surface area contributed by atoms with Gasteiger partial charge in [-0.3, -0.25) is 4.79 Å². The van der Waals surface area contributed by atoms with E-state index in [9.17, 15) is 4.79 Å². The summed E-state index contributed by atoms with van der Waals surface area (Å²) in [7, 11) is 0. The van der Waals surface area contributed by atoms with Crippen molar-refractivity contribution in [3.05, 3.63) is 52.5 Å². The van der Waals surface area contributed by atoms with Crippen molar-refractivity contribution in [2.75, 3.05) is 0 Å². The molecule has 2 aromatic rings. The minimum atomic E-state index is 0.110. The Bertz CT molecular complexity index is 450. The lowest BCUT2D eigenvalue weighted by atomic mass is 9.95. The summed E-state index contributed by atoms with van der Waals surface area (Å²) in [6.45, 7) is 1.63. The molecule has 0 saturated heterocycles. The van der Waals surface area contributed by atoms with Crippen LogP contribution in [0.5, 0.6) is 0 Å². The van der Waals surface area contributed by atoms with E-state index in [4.69, 9.17) is 0 Å². The Labute approximate surface area is 99.0 Å². The van der Waals surface area contributed by atoms with E-state index < -0.39 is 0 Å². The van der Waals surface area contributed by atoms with Gasteiger partial charge < -0.3 is 0 Å². The molecule has 1 heterocycles. The Morgan fingerprint density at radius 3 is 2.69 bits per heavy atom. The Balaban J connectivity index is 2.32. The summed E-state index contributed by atoms with van der Waals surface area (Å²) < 4.78 is 0. The monoisotopic (exact) mass is 231 g/mol. The van der Waals surface area contributed by atoms with Gasteiger partial charge in [0.15, 0.2) is 0 Å². The molecule has 0 radical (unpaired) electrons. The smallest absolute Gasteiger partial charge is 0.130 e. The number of benzene rings is 1. The van der Waals surface area contributed by atoms with E-state index in [0.29, 0.717) is 6.42 Å². The van der Waals surface area contributed by atoms with Crippen molar-refractivity contribution in [2.24, 2.45) is 0 Å². The maximum atomic E-state index is 11.3. The van der Waals surface area contributed by atoms with E-state index in [1.54, 1.807) is 24.5 Å². The first-order valence-electron chi connectivity index (χ1n) is 5.21. The molecular formula is C13H13NOS. The number of hydrogen-bond acceptors (Lipinski definition) is 3. The molecule has 1 aromatic carbocycles. The predicted octanol–water partition coefficient (Wildman–Crippen LogP) is 3.25. The molecule has 82 valence electrons. The molecule has 3 heteroatoms. The van der Waals surface area contributed by atoms with Crippen LogP contribution in [-0.4, -0.2) is 10.8 Å². The topological polar surface area (TPSA) is 30.0 Å². The van der Waals surface area contributed by atoms with Gasteiger partial charge in [0.2, 0.25) is 0 Å². The quantitative estimate of drug-likeness (QED) is 0.808. The molecule has 0 aliphatic rings. The van der Waals surface area contributed by atoms with E-state index in [1.165, 1.54) is 0 Å². The van der Waals surface area contributed by atoms with Crippen molar-refractivity contribution in [2.45, 2.75) is 19.3 Å². The van der Waals surface area contributed by atoms with Gasteiger partial charge in [-0.2, -0.15) is 0 Å². The fourth-order valence-corrected chi connectivity index (χ4v) is 2.49. The van der Waals surface area contributed by atoms with Crippen LogP contribution in [0, 0.1) is 0 Å². The number of nitrogens with zero attached hydrogens (tertiary/aromatic N) is 1. The van der Waals surface area contributed by atoms with Gasteiger partial charge in [-0.1, -0.05) is 30.3 Å². The Kier molecular flexibility index (Phi) is 3.47. The zero-order valence-electron chi connectivity index (χ0n) is 9.09. The molecule has 0 amide bonds. The maximum Gasteiger partial charge on any atom is 0.130 e. The highest BCUT2D eigenvalue weighted by Gasteiger charge is 2.18. The molecule has 0 N–H and O–H groups in total. The van der Waals surface area contributed by atoms with Gasteiger partial charge in [0, 0.05) is 23.9 Å². The SMILES string of the molecule is CC(=O)CC(c1ccccc1)c1nccs1. The van der Waals surface area contributed by atoms with E-state index in [0.717, 1.165) is 10.6 Å². The molecule has 0 aliphatic carbocycles. The summed E-state index contributed by atoms with van der Waals surface area (Å²) in [4.78, 5) is 15.6. The molecular weight excluding hydrogens is 218 g/mol. The lowest BCUT2D eigenvalue weighted by Gasteiger charge is -2.12. The highest BCUT2D eigenvalue weighted by atomic mass is 32.1. The average molecular weight is 231 g/mol. The van der Waals surface area contributed by atoms with Gasteiger partial charge in [-0.05, 0) is 12.5 Å². The zero-order chi connectivity index (χ0) is 11.4. The normalized spacial score (nSPS) is 12.3. The maximum absolute atomic E-state index is 11.3. The molecule has 1 atom stereocenters. The van der Waals surface area contributed by atoms with Crippen LogP contribution in [0.15, 0.2) is 41.9 Å². The van der Waals surface area contributed by atoms with E-state index >= 15 is 0 Å². The lowest BCUT2D eigenvalue weighted by molar-refractivity contribution is -0.117. The van der Waals surface area contributed by atoms with Crippen LogP contribution >= 0.6 is 11.3 Å². The highest BCUT2D eigenvalue weighted by Crippen LogP contribution is 2.29. The summed E-state index contributed by atoms with van der Waals surface area (Å²) >= 11 is 1.60. The van der Waals surface area contributed by atoms with Crippen LogP contribution in [0.3, 0.4) is 0 Å². The first kappa shape index (κ1) is 11.0. The predicted molar refractivity (Wildman–Crippen MR) is 65.7 cm³/mol. The number of carbonyl (C=O) groups excluding carboxylic acids is 1. The average Bonchev–Trinajstić information content (AvgIpc) is 2.80. The number of hydrogen-bond donors (Lipinski definition) is 0. The molecule has 2 rings (SSSR count). The number of rotatable bonds is 4. The third-order valence-corrected chi connectivity index (χ3v) is 3.33. The van der Waals surface area contributed by atoms with Crippen LogP contribution in [0.2, 0.25) is 0 Å². The van der Waals surface area contributed by atoms with Gasteiger partial charge >= 0.3 is 0 Å². The fraction of sp³-hybridized carbons (Fsp3) is 0.231. The van der Waals surface area contributed by atoms with Crippen molar-refractivity contribution < 1.29 is 4.79 Å². The molecule has 0 saturated carbocycles. The third-order valence-electron chi connectivity index (χ3n) is 2.44. The minimum Gasteiger partial charge on any atom is -0.300 e. The lowest BCUT2D eigenvalue weighted by Crippen LogP contribution is -2.05. The van der Waals surface area contributed by atoms with Gasteiger partial charge in [0.25, 0.3) is 0 Å². The number of ketones is 1. The highest BCUT2D eigenvalue weighted by molar-refractivity contribution is 7.09. The number of carbonyl (C=O) groups is 1. The second kappa shape index (κ2) is 5.03. The molecule has 0 aliphatic heterocycles. The van der Waals surface area contributed by atoms with Crippen LogP contribution in [0.4, 0.5) is 0 Å². The Morgan fingerprint density at radius 1 is 1.38 bits per heavy atom. The standard InChI is InChI=1S/C13H13NOS/c1-10(15)9-12(13-14-7-8-16-13)11-5-3-2-4-6-11/h2-8,12H,9H2,1H3. The van der Waals surface area contributed by atoms with Crippen LogP contribution in [0.1, 0.15) is 29.8 Å². The first-order chi connectivity index (χ1) is 7.77. The molecule has 2 nitrogen and oxygen atoms in total. The van der Waals surface area contributed by atoms with Crippen molar-refractivity contribution in [1.82, 2.24) is 4.98 Å². The van der Waals surface area contributed by atoms with Gasteiger partial charge in [-0.15, -0.1) is 11.3 Å². The number of thiazole rings is 1. The van der Waals surface area contributed by atoms with Crippen LogP contribution in [0.25, 0.3) is 0 Å². The van der Waals surface area contributed by atoms with E-state index in [-0.39, 0.29) is 11.7 Å². The second-order valence-electron chi connectivity index (χ2n) is 3.74. The first-order valence-corrected chi connectivity index (χ1v) is 6.09. The molecule has 0 fully saturated rings. The summed E-state index contributed by atoms with van der Waals surface area (Å²) in [6, 6.07) is 10.1. The molecule has 16 heavy (non-hydrogen) atoms. The molecule has 1 unspecified atom stereocenters.